The Morgan fingerprint density at radius 3 is 1.57 bits per heavy atom. The van der Waals surface area contributed by atoms with Crippen LogP contribution in [0.1, 0.15) is 6.92 Å². The molecule has 5 N–H and O–H groups in total. The van der Waals surface area contributed by atoms with Crippen LogP contribution in [0.3, 0.4) is 0 Å². The number of hydrogen-bond donors (Lipinski definition) is 6. The number of hydrogen-bond acceptors (Lipinski definition) is 6. The fourth-order valence-corrected chi connectivity index (χ4v) is 0.730. The molecule has 14 heavy (non-hydrogen) atoms. The van der Waals surface area contributed by atoms with Gasteiger partial charge in [0.25, 0.3) is 0 Å². The van der Waals surface area contributed by atoms with Crippen LogP contribution in [0.15, 0.2) is 0 Å². The van der Waals surface area contributed by atoms with Gasteiger partial charge in [-0.05, 0) is 6.92 Å². The summed E-state index contributed by atoms with van der Waals surface area (Å²) in [6.07, 6.45) is -1.48. The SMILES string of the molecule is CC(N)C(=O)O.O[C@H](CS)[C@H](O)CS. The molecule has 0 aromatic carbocycles. The van der Waals surface area contributed by atoms with E-state index in [4.69, 9.17) is 21.1 Å². The lowest BCUT2D eigenvalue weighted by molar-refractivity contribution is -0.138. The van der Waals surface area contributed by atoms with Gasteiger partial charge in [-0.3, -0.25) is 4.79 Å². The van der Waals surface area contributed by atoms with Crippen molar-refractivity contribution in [3.05, 3.63) is 0 Å². The monoisotopic (exact) mass is 243 g/mol. The van der Waals surface area contributed by atoms with Gasteiger partial charge in [0.2, 0.25) is 0 Å². The zero-order valence-corrected chi connectivity index (χ0v) is 9.66. The number of carboxylic acids is 1. The molecule has 0 aliphatic rings. The van der Waals surface area contributed by atoms with Gasteiger partial charge >= 0.3 is 5.97 Å². The Hall–Kier alpha value is 0.0500. The van der Waals surface area contributed by atoms with Gasteiger partial charge in [-0.2, -0.15) is 25.3 Å². The van der Waals surface area contributed by atoms with Crippen LogP contribution in [0, 0.1) is 0 Å². The lowest BCUT2D eigenvalue weighted by atomic mass is 10.3. The van der Waals surface area contributed by atoms with Gasteiger partial charge in [0.15, 0.2) is 0 Å². The van der Waals surface area contributed by atoms with Crippen molar-refractivity contribution in [2.75, 3.05) is 11.5 Å². The van der Waals surface area contributed by atoms with Crippen LogP contribution in [0.5, 0.6) is 0 Å². The highest BCUT2D eigenvalue weighted by molar-refractivity contribution is 7.80. The molecule has 0 aliphatic carbocycles. The first-order valence-electron chi connectivity index (χ1n) is 3.93. The molecule has 0 aromatic rings. The van der Waals surface area contributed by atoms with Crippen LogP contribution in [-0.4, -0.2) is 51.0 Å². The minimum atomic E-state index is -0.963. The van der Waals surface area contributed by atoms with Crippen LogP contribution in [0.25, 0.3) is 0 Å². The molecule has 0 saturated heterocycles. The Labute approximate surface area is 94.1 Å². The summed E-state index contributed by atoms with van der Waals surface area (Å²) in [5.41, 5.74) is 4.84. The van der Waals surface area contributed by atoms with Crippen LogP contribution in [-0.2, 0) is 4.79 Å². The predicted molar refractivity (Wildman–Crippen MR) is 61.0 cm³/mol. The molecule has 1 unspecified atom stereocenters. The van der Waals surface area contributed by atoms with Crippen LogP contribution in [0.4, 0.5) is 0 Å². The molecular weight excluding hydrogens is 226 g/mol. The topological polar surface area (TPSA) is 104 Å². The van der Waals surface area contributed by atoms with E-state index < -0.39 is 24.2 Å². The van der Waals surface area contributed by atoms with Crippen molar-refractivity contribution >= 4 is 31.2 Å². The maximum Gasteiger partial charge on any atom is 0.320 e. The summed E-state index contributed by atoms with van der Waals surface area (Å²) in [5, 5.41) is 25.4. The van der Waals surface area contributed by atoms with Gasteiger partial charge in [0.1, 0.15) is 6.04 Å². The van der Waals surface area contributed by atoms with E-state index >= 15 is 0 Å². The minimum absolute atomic E-state index is 0.279. The van der Waals surface area contributed by atoms with Crippen LogP contribution >= 0.6 is 25.3 Å². The van der Waals surface area contributed by atoms with Crippen molar-refractivity contribution in [1.82, 2.24) is 0 Å². The Balaban J connectivity index is 0. The van der Waals surface area contributed by atoms with Crippen LogP contribution in [0.2, 0.25) is 0 Å². The van der Waals surface area contributed by atoms with E-state index in [9.17, 15) is 4.79 Å². The Kier molecular flexibility index (Phi) is 11.3. The number of rotatable bonds is 4. The summed E-state index contributed by atoms with van der Waals surface area (Å²) in [6, 6.07) is -0.731. The van der Waals surface area contributed by atoms with Gasteiger partial charge in [0.05, 0.1) is 12.2 Å². The summed E-state index contributed by atoms with van der Waals surface area (Å²) in [5.74, 6) is -0.404. The summed E-state index contributed by atoms with van der Waals surface area (Å²) in [6.45, 7) is 1.42. The Morgan fingerprint density at radius 2 is 1.50 bits per heavy atom. The van der Waals surface area contributed by atoms with E-state index in [2.05, 4.69) is 25.3 Å². The molecule has 3 atom stereocenters. The lowest BCUT2D eigenvalue weighted by Gasteiger charge is -2.11. The van der Waals surface area contributed by atoms with Crippen molar-refractivity contribution in [3.63, 3.8) is 0 Å². The van der Waals surface area contributed by atoms with E-state index in [-0.39, 0.29) is 11.5 Å². The van der Waals surface area contributed by atoms with E-state index in [0.29, 0.717) is 0 Å². The maximum atomic E-state index is 9.57. The average molecular weight is 243 g/mol. The van der Waals surface area contributed by atoms with E-state index in [1.165, 1.54) is 6.92 Å². The summed E-state index contributed by atoms with van der Waals surface area (Å²) in [4.78, 5) is 9.57. The molecule has 0 spiro atoms. The number of aliphatic carboxylic acids is 1. The average Bonchev–Trinajstić information content (AvgIpc) is 2.16. The van der Waals surface area contributed by atoms with Crippen molar-refractivity contribution in [1.29, 1.82) is 0 Å². The molecular formula is C7H17NO4S2. The van der Waals surface area contributed by atoms with Gasteiger partial charge in [0, 0.05) is 11.5 Å². The molecule has 0 rings (SSSR count). The van der Waals surface area contributed by atoms with E-state index in [1.54, 1.807) is 0 Å². The molecule has 0 aromatic heterocycles. The van der Waals surface area contributed by atoms with Crippen molar-refractivity contribution in [2.45, 2.75) is 25.2 Å². The molecule has 0 radical (unpaired) electrons. The van der Waals surface area contributed by atoms with Gasteiger partial charge in [-0.15, -0.1) is 0 Å². The highest BCUT2D eigenvalue weighted by atomic mass is 32.1. The van der Waals surface area contributed by atoms with Gasteiger partial charge < -0.3 is 21.1 Å². The highest BCUT2D eigenvalue weighted by Gasteiger charge is 2.10. The zero-order valence-electron chi connectivity index (χ0n) is 7.87. The fourth-order valence-electron chi connectivity index (χ4n) is 0.243. The summed E-state index contributed by atoms with van der Waals surface area (Å²) >= 11 is 7.53. The maximum absolute atomic E-state index is 9.57. The molecule has 7 heteroatoms. The van der Waals surface area contributed by atoms with Gasteiger partial charge in [-0.25, -0.2) is 0 Å². The van der Waals surface area contributed by atoms with Crippen LogP contribution < -0.4 is 5.73 Å². The Bertz CT molecular complexity index is 149. The second-order valence-corrected chi connectivity index (χ2v) is 3.36. The number of carbonyl (C=O) groups is 1. The normalized spacial score (nSPS) is 16.1. The predicted octanol–water partition coefficient (Wildman–Crippen LogP) is -1.01. The first kappa shape index (κ1) is 16.5. The molecule has 86 valence electrons. The molecule has 5 nitrogen and oxygen atoms in total. The van der Waals surface area contributed by atoms with E-state index in [1.807, 2.05) is 0 Å². The first-order valence-corrected chi connectivity index (χ1v) is 5.19. The number of aliphatic hydroxyl groups excluding tert-OH is 2. The number of thiol groups is 2. The Morgan fingerprint density at radius 1 is 1.29 bits per heavy atom. The number of aliphatic hydroxyl groups is 2. The smallest absolute Gasteiger partial charge is 0.320 e. The van der Waals surface area contributed by atoms with Crippen molar-refractivity contribution in [3.8, 4) is 0 Å². The molecule has 0 fully saturated rings. The molecule has 0 saturated carbocycles. The fraction of sp³-hybridized carbons (Fsp3) is 0.857. The number of nitrogens with two attached hydrogens (primary N) is 1. The largest absolute Gasteiger partial charge is 0.480 e. The minimum Gasteiger partial charge on any atom is -0.480 e. The second kappa shape index (κ2) is 9.60. The molecule has 0 amide bonds. The van der Waals surface area contributed by atoms with Crippen molar-refractivity contribution < 1.29 is 20.1 Å². The highest BCUT2D eigenvalue weighted by Crippen LogP contribution is 1.96. The van der Waals surface area contributed by atoms with Gasteiger partial charge in [-0.1, -0.05) is 0 Å². The third-order valence-corrected chi connectivity index (χ3v) is 1.96. The standard InChI is InChI=1S/C4H10O2S2.C3H7NO2/c5-3(1-7)4(6)2-8;1-2(4)3(5)6/h3-8H,1-2H2;2H,4H2,1H3,(H,5,6)/t3-,4-;/m1./s1. The third-order valence-electron chi connectivity index (χ3n) is 1.21. The second-order valence-electron chi connectivity index (χ2n) is 2.63. The quantitative estimate of drug-likeness (QED) is 0.355. The number of carboxylic acid groups (broad SMARTS) is 1. The summed E-state index contributed by atoms with van der Waals surface area (Å²) < 4.78 is 0. The van der Waals surface area contributed by atoms with Crippen molar-refractivity contribution in [2.24, 2.45) is 5.73 Å². The zero-order chi connectivity index (χ0) is 11.7. The molecule has 0 aliphatic heterocycles. The first-order chi connectivity index (χ1) is 6.36. The van der Waals surface area contributed by atoms with E-state index in [0.717, 1.165) is 0 Å². The molecule has 0 heterocycles. The molecule has 0 bridgehead atoms. The summed E-state index contributed by atoms with van der Waals surface area (Å²) in [7, 11) is 0. The lowest BCUT2D eigenvalue weighted by Crippen LogP contribution is -2.28. The third kappa shape index (κ3) is 10.1.